The lowest BCUT2D eigenvalue weighted by atomic mass is 10.1. The zero-order valence-corrected chi connectivity index (χ0v) is 16.3. The normalized spacial score (nSPS) is 10.9. The highest BCUT2D eigenvalue weighted by molar-refractivity contribution is 7.20. The summed E-state index contributed by atoms with van der Waals surface area (Å²) in [4.78, 5) is 28.8. The molecule has 0 unspecified atom stereocenters. The monoisotopic (exact) mass is 432 g/mol. The van der Waals surface area contributed by atoms with Crippen molar-refractivity contribution in [2.24, 2.45) is 0 Å². The van der Waals surface area contributed by atoms with Gasteiger partial charge in [0.15, 0.2) is 5.01 Å². The number of halogens is 2. The van der Waals surface area contributed by atoms with Gasteiger partial charge in [0.1, 0.15) is 11.4 Å². The Bertz CT molecular complexity index is 1200. The third kappa shape index (κ3) is 3.37. The molecule has 140 valence electrons. The van der Waals surface area contributed by atoms with Crippen molar-refractivity contribution in [3.8, 4) is 10.4 Å². The Balaban J connectivity index is 1.71. The van der Waals surface area contributed by atoms with Crippen LogP contribution in [0, 0.1) is 5.82 Å². The first kappa shape index (κ1) is 18.5. The summed E-state index contributed by atoms with van der Waals surface area (Å²) in [7, 11) is 0. The van der Waals surface area contributed by atoms with Crippen LogP contribution in [-0.4, -0.2) is 22.0 Å². The molecule has 2 N–H and O–H groups in total. The number of nitrogens with one attached hydrogen (secondary N) is 1. The number of thiophene rings is 1. The molecule has 2 aromatic carbocycles. The third-order valence-corrected chi connectivity index (χ3v) is 6.20. The highest BCUT2D eigenvalue weighted by Crippen LogP contribution is 2.38. The number of aromatic carboxylic acids is 1. The van der Waals surface area contributed by atoms with E-state index in [9.17, 15) is 19.1 Å². The zero-order chi connectivity index (χ0) is 19.8. The number of carbonyl (C=O) groups excluding carboxylic acids is 1. The minimum atomic E-state index is -1.27. The van der Waals surface area contributed by atoms with E-state index in [1.807, 2.05) is 18.2 Å². The summed E-state index contributed by atoms with van der Waals surface area (Å²) >= 11 is 7.99. The number of thiazole rings is 1. The second-order valence-corrected chi connectivity index (χ2v) is 8.07. The van der Waals surface area contributed by atoms with E-state index in [4.69, 9.17) is 11.6 Å². The number of nitrogens with zero attached hydrogens (tertiary/aromatic N) is 1. The molecule has 0 aliphatic carbocycles. The first-order chi connectivity index (χ1) is 13.4. The van der Waals surface area contributed by atoms with E-state index in [0.29, 0.717) is 5.52 Å². The van der Waals surface area contributed by atoms with E-state index < -0.39 is 17.7 Å². The molecule has 5 nitrogen and oxygen atoms in total. The lowest BCUT2D eigenvalue weighted by Crippen LogP contribution is -2.13. The number of anilines is 1. The number of carboxylic acid groups (broad SMARTS) is 1. The van der Waals surface area contributed by atoms with Crippen molar-refractivity contribution in [2.75, 3.05) is 5.32 Å². The molecule has 0 saturated carbocycles. The summed E-state index contributed by atoms with van der Waals surface area (Å²) in [5.74, 6) is -2.43. The number of rotatable bonds is 4. The summed E-state index contributed by atoms with van der Waals surface area (Å²) in [6.07, 6.45) is 0. The SMILES string of the molecule is O=C(Nc1csc(-c2ccc(Cl)cc2F)c1C(=O)O)c1nc2ccccc2s1. The van der Waals surface area contributed by atoms with Crippen LogP contribution < -0.4 is 5.32 Å². The molecular weight excluding hydrogens is 423 g/mol. The van der Waals surface area contributed by atoms with E-state index in [1.165, 1.54) is 28.8 Å². The van der Waals surface area contributed by atoms with Gasteiger partial charge in [0, 0.05) is 16.0 Å². The van der Waals surface area contributed by atoms with Gasteiger partial charge >= 0.3 is 5.97 Å². The molecular formula is C19H10ClFN2O3S2. The predicted molar refractivity (Wildman–Crippen MR) is 109 cm³/mol. The molecule has 9 heteroatoms. The minimum Gasteiger partial charge on any atom is -0.478 e. The van der Waals surface area contributed by atoms with Gasteiger partial charge in [-0.1, -0.05) is 23.7 Å². The Kier molecular flexibility index (Phi) is 4.84. The minimum absolute atomic E-state index is 0.0890. The molecule has 2 heterocycles. The Labute approximate surface area is 171 Å². The summed E-state index contributed by atoms with van der Waals surface area (Å²) in [5, 5.41) is 14.1. The van der Waals surface area contributed by atoms with Crippen molar-refractivity contribution in [2.45, 2.75) is 0 Å². The predicted octanol–water partition coefficient (Wildman–Crippen LogP) is 5.77. The number of carboxylic acids is 1. The first-order valence-corrected chi connectivity index (χ1v) is 9.98. The molecule has 0 fully saturated rings. The standard InChI is InChI=1S/C19H10ClFN2O3S2/c20-9-5-6-10(11(21)7-9)16-15(19(25)26)13(8-27-16)22-17(24)18-23-12-3-1-2-4-14(12)28-18/h1-8H,(H,22,24)(H,25,26). The zero-order valence-electron chi connectivity index (χ0n) is 13.9. The fraction of sp³-hybridized carbons (Fsp3) is 0. The Morgan fingerprint density at radius 2 is 1.96 bits per heavy atom. The molecule has 2 aromatic heterocycles. The summed E-state index contributed by atoms with van der Waals surface area (Å²) < 4.78 is 15.1. The van der Waals surface area contributed by atoms with Crippen molar-refractivity contribution in [3.05, 3.63) is 69.3 Å². The maximum Gasteiger partial charge on any atom is 0.339 e. The van der Waals surface area contributed by atoms with Crippen LogP contribution >= 0.6 is 34.3 Å². The Morgan fingerprint density at radius 3 is 2.68 bits per heavy atom. The molecule has 0 aliphatic rings. The van der Waals surface area contributed by atoms with E-state index in [-0.39, 0.29) is 31.7 Å². The van der Waals surface area contributed by atoms with Crippen LogP contribution in [0.4, 0.5) is 10.1 Å². The Hall–Kier alpha value is -2.81. The molecule has 28 heavy (non-hydrogen) atoms. The van der Waals surface area contributed by atoms with E-state index in [1.54, 1.807) is 6.07 Å². The molecule has 0 spiro atoms. The number of hydrogen-bond acceptors (Lipinski definition) is 5. The number of benzene rings is 2. The number of para-hydroxylation sites is 1. The average molecular weight is 433 g/mol. The fourth-order valence-electron chi connectivity index (χ4n) is 2.68. The fourth-order valence-corrected chi connectivity index (χ4v) is 4.72. The second-order valence-electron chi connectivity index (χ2n) is 5.72. The van der Waals surface area contributed by atoms with E-state index in [2.05, 4.69) is 10.3 Å². The first-order valence-electron chi connectivity index (χ1n) is 7.91. The van der Waals surface area contributed by atoms with Gasteiger partial charge in [0.25, 0.3) is 5.91 Å². The van der Waals surface area contributed by atoms with E-state index >= 15 is 0 Å². The molecule has 0 bridgehead atoms. The molecule has 0 atom stereocenters. The number of carbonyl (C=O) groups is 2. The molecule has 4 aromatic rings. The van der Waals surface area contributed by atoms with Gasteiger partial charge in [-0.3, -0.25) is 4.79 Å². The van der Waals surface area contributed by atoms with Crippen molar-refractivity contribution < 1.29 is 19.1 Å². The van der Waals surface area contributed by atoms with Gasteiger partial charge in [0.2, 0.25) is 0 Å². The van der Waals surface area contributed by atoms with Crippen molar-refractivity contribution in [1.29, 1.82) is 0 Å². The molecule has 0 radical (unpaired) electrons. The Morgan fingerprint density at radius 1 is 1.18 bits per heavy atom. The number of amides is 1. The lowest BCUT2D eigenvalue weighted by Gasteiger charge is -2.06. The van der Waals surface area contributed by atoms with Gasteiger partial charge in [0.05, 0.1) is 20.8 Å². The van der Waals surface area contributed by atoms with Crippen molar-refractivity contribution in [3.63, 3.8) is 0 Å². The van der Waals surface area contributed by atoms with Gasteiger partial charge in [-0.05, 0) is 30.3 Å². The van der Waals surface area contributed by atoms with Gasteiger partial charge < -0.3 is 10.4 Å². The van der Waals surface area contributed by atoms with Gasteiger partial charge in [-0.2, -0.15) is 0 Å². The highest BCUT2D eigenvalue weighted by Gasteiger charge is 2.24. The lowest BCUT2D eigenvalue weighted by molar-refractivity contribution is 0.0699. The van der Waals surface area contributed by atoms with Crippen LogP contribution in [0.25, 0.3) is 20.7 Å². The molecule has 0 aliphatic heterocycles. The van der Waals surface area contributed by atoms with E-state index in [0.717, 1.165) is 22.1 Å². The second kappa shape index (κ2) is 7.31. The van der Waals surface area contributed by atoms with Crippen LogP contribution in [0.3, 0.4) is 0 Å². The van der Waals surface area contributed by atoms with Crippen LogP contribution in [0.15, 0.2) is 47.8 Å². The third-order valence-electron chi connectivity index (χ3n) is 3.92. The van der Waals surface area contributed by atoms with Crippen LogP contribution in [0.5, 0.6) is 0 Å². The van der Waals surface area contributed by atoms with Gasteiger partial charge in [-0.25, -0.2) is 14.2 Å². The molecule has 1 amide bonds. The van der Waals surface area contributed by atoms with Crippen molar-refractivity contribution in [1.82, 2.24) is 4.98 Å². The molecule has 0 saturated heterocycles. The van der Waals surface area contributed by atoms with Crippen LogP contribution in [0.1, 0.15) is 20.2 Å². The summed E-state index contributed by atoms with van der Waals surface area (Å²) in [6.45, 7) is 0. The number of fused-ring (bicyclic) bond motifs is 1. The topological polar surface area (TPSA) is 79.3 Å². The van der Waals surface area contributed by atoms with Crippen LogP contribution in [0.2, 0.25) is 5.02 Å². The quantitative estimate of drug-likeness (QED) is 0.429. The average Bonchev–Trinajstić information content (AvgIpc) is 3.26. The largest absolute Gasteiger partial charge is 0.478 e. The van der Waals surface area contributed by atoms with Crippen LogP contribution in [-0.2, 0) is 0 Å². The highest BCUT2D eigenvalue weighted by atomic mass is 35.5. The van der Waals surface area contributed by atoms with Gasteiger partial charge in [-0.15, -0.1) is 22.7 Å². The summed E-state index contributed by atoms with van der Waals surface area (Å²) in [5.41, 5.74) is 0.699. The maximum absolute atomic E-state index is 14.3. The maximum atomic E-state index is 14.3. The number of aromatic nitrogens is 1. The summed E-state index contributed by atoms with van der Waals surface area (Å²) in [6, 6.07) is 11.3. The van der Waals surface area contributed by atoms with Crippen molar-refractivity contribution >= 4 is 62.1 Å². The number of hydrogen-bond donors (Lipinski definition) is 2. The molecule has 4 rings (SSSR count). The smallest absolute Gasteiger partial charge is 0.339 e.